The predicted molar refractivity (Wildman–Crippen MR) is 59.9 cm³/mol. The Morgan fingerprint density at radius 3 is 2.62 bits per heavy atom. The van der Waals surface area contributed by atoms with Crippen LogP contribution < -0.4 is 0 Å². The van der Waals surface area contributed by atoms with Gasteiger partial charge in [0, 0.05) is 6.42 Å². The van der Waals surface area contributed by atoms with E-state index in [0.717, 1.165) is 36.8 Å². The Balaban J connectivity index is 2.16. The first-order chi connectivity index (χ1) is 7.72. The van der Waals surface area contributed by atoms with Gasteiger partial charge in [-0.3, -0.25) is 4.79 Å². The normalized spacial score (nSPS) is 22.4. The molecule has 0 bridgehead atoms. The van der Waals surface area contributed by atoms with Crippen LogP contribution in [0.25, 0.3) is 0 Å². The topological polar surface area (TPSA) is 17.1 Å². The van der Waals surface area contributed by atoms with Crippen LogP contribution in [0.5, 0.6) is 0 Å². The van der Waals surface area contributed by atoms with Crippen molar-refractivity contribution in [2.24, 2.45) is 0 Å². The number of fused-ring (bicyclic) bond motifs is 2. The molecule has 1 aromatic rings. The summed E-state index contributed by atoms with van der Waals surface area (Å²) >= 11 is 0. The number of benzene rings is 1. The van der Waals surface area contributed by atoms with Crippen LogP contribution >= 0.6 is 0 Å². The van der Waals surface area contributed by atoms with Gasteiger partial charge < -0.3 is 0 Å². The van der Waals surface area contributed by atoms with Gasteiger partial charge in [0.2, 0.25) is 0 Å². The van der Waals surface area contributed by atoms with Gasteiger partial charge in [0.25, 0.3) is 0 Å². The molecular formula is C14H15FO. The molecule has 1 saturated carbocycles. The summed E-state index contributed by atoms with van der Waals surface area (Å²) in [5.74, 6) is 0.199. The summed E-state index contributed by atoms with van der Waals surface area (Å²) in [4.78, 5) is 12.2. The molecule has 1 spiro atoms. The monoisotopic (exact) mass is 218 g/mol. The lowest BCUT2D eigenvalue weighted by atomic mass is 9.68. The molecule has 0 saturated heterocycles. The number of carbonyl (C=O) groups excluding carboxylic acids is 1. The van der Waals surface area contributed by atoms with Crippen molar-refractivity contribution in [1.29, 1.82) is 0 Å². The van der Waals surface area contributed by atoms with Crippen molar-refractivity contribution in [3.8, 4) is 0 Å². The van der Waals surface area contributed by atoms with Crippen LogP contribution in [0.1, 0.15) is 43.2 Å². The summed E-state index contributed by atoms with van der Waals surface area (Å²) in [6.07, 6.45) is 5.49. The SMILES string of the molecule is O=C1CCc2cc(F)ccc2C12CCCC2. The van der Waals surface area contributed by atoms with Crippen LogP contribution in [-0.2, 0) is 16.6 Å². The van der Waals surface area contributed by atoms with Gasteiger partial charge in [0.15, 0.2) is 0 Å². The molecule has 0 heterocycles. The Kier molecular flexibility index (Phi) is 2.13. The molecule has 0 radical (unpaired) electrons. The first kappa shape index (κ1) is 10.0. The van der Waals surface area contributed by atoms with E-state index in [1.165, 1.54) is 6.07 Å². The predicted octanol–water partition coefficient (Wildman–Crippen LogP) is 3.15. The van der Waals surface area contributed by atoms with Gasteiger partial charge in [-0.25, -0.2) is 4.39 Å². The molecule has 2 aliphatic carbocycles. The van der Waals surface area contributed by atoms with Gasteiger partial charge >= 0.3 is 0 Å². The van der Waals surface area contributed by atoms with E-state index in [4.69, 9.17) is 0 Å². The fourth-order valence-corrected chi connectivity index (χ4v) is 3.40. The highest BCUT2D eigenvalue weighted by Gasteiger charge is 2.45. The van der Waals surface area contributed by atoms with E-state index in [2.05, 4.69) is 0 Å². The zero-order chi connectivity index (χ0) is 11.2. The Bertz CT molecular complexity index is 444. The minimum absolute atomic E-state index is 0.179. The molecule has 0 unspecified atom stereocenters. The van der Waals surface area contributed by atoms with Gasteiger partial charge in [-0.05, 0) is 42.5 Å². The fourth-order valence-electron chi connectivity index (χ4n) is 3.40. The van der Waals surface area contributed by atoms with Crippen LogP contribution in [0.2, 0.25) is 0 Å². The van der Waals surface area contributed by atoms with E-state index in [1.54, 1.807) is 6.07 Å². The third-order valence-corrected chi connectivity index (χ3v) is 4.20. The van der Waals surface area contributed by atoms with Crippen LogP contribution in [0.4, 0.5) is 4.39 Å². The number of Topliss-reactive ketones (excluding diaryl/α,β-unsaturated/α-hetero) is 1. The molecule has 1 nitrogen and oxygen atoms in total. The molecule has 84 valence electrons. The third-order valence-electron chi connectivity index (χ3n) is 4.20. The molecule has 0 atom stereocenters. The van der Waals surface area contributed by atoms with Crippen molar-refractivity contribution in [2.75, 3.05) is 0 Å². The van der Waals surface area contributed by atoms with E-state index < -0.39 is 0 Å². The standard InChI is InChI=1S/C14H15FO/c15-11-4-5-12-10(9-11)3-6-13(16)14(12)7-1-2-8-14/h4-5,9H,1-3,6-8H2. The Morgan fingerprint density at radius 1 is 1.12 bits per heavy atom. The maximum absolute atomic E-state index is 13.2. The van der Waals surface area contributed by atoms with Crippen molar-refractivity contribution in [2.45, 2.75) is 43.9 Å². The second-order valence-electron chi connectivity index (χ2n) is 5.01. The molecule has 0 aromatic heterocycles. The molecule has 0 amide bonds. The molecule has 3 rings (SSSR count). The van der Waals surface area contributed by atoms with E-state index in [-0.39, 0.29) is 11.2 Å². The summed E-state index contributed by atoms with van der Waals surface area (Å²) in [5.41, 5.74) is 1.92. The summed E-state index contributed by atoms with van der Waals surface area (Å²) in [7, 11) is 0. The van der Waals surface area contributed by atoms with Crippen LogP contribution in [0.15, 0.2) is 18.2 Å². The molecule has 1 fully saturated rings. The van der Waals surface area contributed by atoms with Crippen LogP contribution in [0.3, 0.4) is 0 Å². The van der Waals surface area contributed by atoms with E-state index >= 15 is 0 Å². The minimum Gasteiger partial charge on any atom is -0.299 e. The van der Waals surface area contributed by atoms with Gasteiger partial charge in [-0.2, -0.15) is 0 Å². The maximum atomic E-state index is 13.2. The second kappa shape index (κ2) is 3.41. The molecule has 2 heteroatoms. The number of hydrogen-bond acceptors (Lipinski definition) is 1. The smallest absolute Gasteiger partial charge is 0.143 e. The van der Waals surface area contributed by atoms with E-state index in [1.807, 2.05) is 6.07 Å². The summed E-state index contributed by atoms with van der Waals surface area (Å²) in [6.45, 7) is 0. The van der Waals surface area contributed by atoms with Crippen LogP contribution in [-0.4, -0.2) is 5.78 Å². The van der Waals surface area contributed by atoms with Gasteiger partial charge in [-0.1, -0.05) is 18.9 Å². The minimum atomic E-state index is -0.249. The average Bonchev–Trinajstić information content (AvgIpc) is 2.74. The number of aryl methyl sites for hydroxylation is 1. The van der Waals surface area contributed by atoms with Crippen molar-refractivity contribution in [1.82, 2.24) is 0 Å². The Labute approximate surface area is 94.7 Å². The molecular weight excluding hydrogens is 203 g/mol. The highest BCUT2D eigenvalue weighted by Crippen LogP contribution is 2.46. The average molecular weight is 218 g/mol. The van der Waals surface area contributed by atoms with Gasteiger partial charge in [0.1, 0.15) is 11.6 Å². The van der Waals surface area contributed by atoms with Gasteiger partial charge in [0.05, 0.1) is 5.41 Å². The summed E-state index contributed by atoms with van der Waals surface area (Å²) in [6, 6.07) is 4.95. The summed E-state index contributed by atoms with van der Waals surface area (Å²) in [5, 5.41) is 0. The second-order valence-corrected chi connectivity index (χ2v) is 5.01. The van der Waals surface area contributed by atoms with E-state index in [0.29, 0.717) is 18.6 Å². The number of halogens is 1. The third kappa shape index (κ3) is 1.25. The molecule has 16 heavy (non-hydrogen) atoms. The van der Waals surface area contributed by atoms with Crippen LogP contribution in [0, 0.1) is 5.82 Å². The van der Waals surface area contributed by atoms with Crippen molar-refractivity contribution >= 4 is 5.78 Å². The van der Waals surface area contributed by atoms with Gasteiger partial charge in [-0.15, -0.1) is 0 Å². The lowest BCUT2D eigenvalue weighted by molar-refractivity contribution is -0.125. The van der Waals surface area contributed by atoms with Crippen molar-refractivity contribution in [3.63, 3.8) is 0 Å². The molecule has 2 aliphatic rings. The number of rotatable bonds is 0. The number of hydrogen-bond donors (Lipinski definition) is 0. The Morgan fingerprint density at radius 2 is 1.88 bits per heavy atom. The van der Waals surface area contributed by atoms with Crippen molar-refractivity contribution < 1.29 is 9.18 Å². The molecule has 0 aliphatic heterocycles. The lowest BCUT2D eigenvalue weighted by Gasteiger charge is -2.34. The number of ketones is 1. The highest BCUT2D eigenvalue weighted by molar-refractivity contribution is 5.92. The highest BCUT2D eigenvalue weighted by atomic mass is 19.1. The largest absolute Gasteiger partial charge is 0.299 e. The first-order valence-electron chi connectivity index (χ1n) is 6.05. The first-order valence-corrected chi connectivity index (χ1v) is 6.05. The molecule has 1 aromatic carbocycles. The number of carbonyl (C=O) groups is 1. The Hall–Kier alpha value is -1.18. The maximum Gasteiger partial charge on any atom is 0.143 e. The zero-order valence-corrected chi connectivity index (χ0v) is 9.26. The van der Waals surface area contributed by atoms with E-state index in [9.17, 15) is 9.18 Å². The van der Waals surface area contributed by atoms with Crippen molar-refractivity contribution in [3.05, 3.63) is 35.1 Å². The lowest BCUT2D eigenvalue weighted by Crippen LogP contribution is -2.37. The quantitative estimate of drug-likeness (QED) is 0.653. The fraction of sp³-hybridized carbons (Fsp3) is 0.500. The molecule has 0 N–H and O–H groups in total. The summed E-state index contributed by atoms with van der Waals surface area (Å²) < 4.78 is 13.2. The zero-order valence-electron chi connectivity index (χ0n) is 9.26.